The monoisotopic (exact) mass is 377 g/mol. The minimum Gasteiger partial charge on any atom is -0.337 e. The van der Waals surface area contributed by atoms with Gasteiger partial charge in [0, 0.05) is 24.7 Å². The van der Waals surface area contributed by atoms with Crippen LogP contribution in [0.1, 0.15) is 61.1 Å². The second kappa shape index (κ2) is 8.09. The lowest BCUT2D eigenvalue weighted by molar-refractivity contribution is 0.0700. The smallest absolute Gasteiger partial charge is 0.276 e. The van der Waals surface area contributed by atoms with Crippen molar-refractivity contribution in [3.63, 3.8) is 0 Å². The first-order chi connectivity index (χ1) is 13.7. The van der Waals surface area contributed by atoms with Crippen LogP contribution < -0.4 is 0 Å². The minimum absolute atomic E-state index is 0.0346. The predicted octanol–water partition coefficient (Wildman–Crippen LogP) is 4.31. The van der Waals surface area contributed by atoms with E-state index in [0.717, 1.165) is 35.1 Å². The van der Waals surface area contributed by atoms with E-state index >= 15 is 0 Å². The SMILES string of the molecule is Cc1c(C(=O)N(C)C2CCCCCCC2)nnn1-c1cccc2ncccc12. The number of rotatable bonds is 3. The molecule has 1 aliphatic rings. The van der Waals surface area contributed by atoms with Crippen molar-refractivity contribution >= 4 is 16.8 Å². The van der Waals surface area contributed by atoms with Crippen LogP contribution in [0.5, 0.6) is 0 Å². The number of nitrogens with zero attached hydrogens (tertiary/aromatic N) is 5. The van der Waals surface area contributed by atoms with Gasteiger partial charge in [-0.1, -0.05) is 43.4 Å². The highest BCUT2D eigenvalue weighted by atomic mass is 16.2. The standard InChI is InChI=1S/C22H27N5O/c1-16-21(22(28)26(2)17-10-6-4-3-5-7-11-17)24-25-27(16)20-14-8-13-19-18(20)12-9-15-23-19/h8-9,12-15,17H,3-7,10-11H2,1-2H3. The maximum Gasteiger partial charge on any atom is 0.276 e. The van der Waals surface area contributed by atoms with E-state index in [2.05, 4.69) is 15.3 Å². The molecule has 0 aliphatic heterocycles. The lowest BCUT2D eigenvalue weighted by Crippen LogP contribution is -2.38. The number of pyridine rings is 1. The van der Waals surface area contributed by atoms with E-state index < -0.39 is 0 Å². The molecular formula is C22H27N5O. The van der Waals surface area contributed by atoms with E-state index in [4.69, 9.17) is 0 Å². The van der Waals surface area contributed by atoms with Gasteiger partial charge < -0.3 is 4.90 Å². The van der Waals surface area contributed by atoms with Crippen LogP contribution >= 0.6 is 0 Å². The molecule has 3 aromatic rings. The Morgan fingerprint density at radius 1 is 1.07 bits per heavy atom. The second-order valence-electron chi connectivity index (χ2n) is 7.70. The highest BCUT2D eigenvalue weighted by molar-refractivity contribution is 5.94. The van der Waals surface area contributed by atoms with Gasteiger partial charge >= 0.3 is 0 Å². The zero-order valence-corrected chi connectivity index (χ0v) is 16.6. The van der Waals surface area contributed by atoms with Crippen LogP contribution in [-0.2, 0) is 0 Å². The molecular weight excluding hydrogens is 350 g/mol. The van der Waals surface area contributed by atoms with Gasteiger partial charge in [0.15, 0.2) is 5.69 Å². The zero-order chi connectivity index (χ0) is 19.5. The fraction of sp³-hybridized carbons (Fsp3) is 0.455. The van der Waals surface area contributed by atoms with Crippen molar-refractivity contribution < 1.29 is 4.79 Å². The molecule has 6 nitrogen and oxygen atoms in total. The summed E-state index contributed by atoms with van der Waals surface area (Å²) >= 11 is 0. The Kier molecular flexibility index (Phi) is 5.37. The highest BCUT2D eigenvalue weighted by Crippen LogP contribution is 2.24. The molecule has 0 N–H and O–H groups in total. The van der Waals surface area contributed by atoms with Crippen molar-refractivity contribution in [1.29, 1.82) is 0 Å². The average Bonchev–Trinajstić information content (AvgIpc) is 3.07. The van der Waals surface area contributed by atoms with E-state index in [9.17, 15) is 4.79 Å². The normalized spacial score (nSPS) is 15.9. The van der Waals surface area contributed by atoms with Crippen molar-refractivity contribution in [2.45, 2.75) is 57.9 Å². The van der Waals surface area contributed by atoms with Gasteiger partial charge in [-0.2, -0.15) is 0 Å². The first kappa shape index (κ1) is 18.6. The first-order valence-corrected chi connectivity index (χ1v) is 10.2. The van der Waals surface area contributed by atoms with E-state index in [1.165, 1.54) is 32.1 Å². The van der Waals surface area contributed by atoms with E-state index in [1.807, 2.05) is 49.2 Å². The fourth-order valence-electron chi connectivity index (χ4n) is 4.18. The maximum absolute atomic E-state index is 13.2. The van der Waals surface area contributed by atoms with Gasteiger partial charge in [-0.25, -0.2) is 4.68 Å². The molecule has 0 unspecified atom stereocenters. The van der Waals surface area contributed by atoms with Crippen molar-refractivity contribution in [2.24, 2.45) is 0 Å². The maximum atomic E-state index is 13.2. The summed E-state index contributed by atoms with van der Waals surface area (Å²) in [6.45, 7) is 1.91. The lowest BCUT2D eigenvalue weighted by atomic mass is 9.95. The Labute approximate surface area is 165 Å². The largest absolute Gasteiger partial charge is 0.337 e. The molecule has 1 fully saturated rings. The number of hydrogen-bond donors (Lipinski definition) is 0. The Morgan fingerprint density at radius 2 is 1.82 bits per heavy atom. The van der Waals surface area contributed by atoms with E-state index in [1.54, 1.807) is 10.9 Å². The molecule has 0 atom stereocenters. The molecule has 0 radical (unpaired) electrons. The van der Waals surface area contributed by atoms with Gasteiger partial charge in [0.1, 0.15) is 0 Å². The third-order valence-electron chi connectivity index (χ3n) is 5.89. The Bertz CT molecular complexity index is 967. The van der Waals surface area contributed by atoms with E-state index in [0.29, 0.717) is 11.7 Å². The van der Waals surface area contributed by atoms with Crippen molar-refractivity contribution in [2.75, 3.05) is 7.05 Å². The van der Waals surface area contributed by atoms with Gasteiger partial charge in [-0.15, -0.1) is 5.10 Å². The number of carbonyl (C=O) groups excluding carboxylic acids is 1. The Hall–Kier alpha value is -2.76. The first-order valence-electron chi connectivity index (χ1n) is 10.2. The summed E-state index contributed by atoms with van der Waals surface area (Å²) in [7, 11) is 1.91. The second-order valence-corrected chi connectivity index (χ2v) is 7.70. The summed E-state index contributed by atoms with van der Waals surface area (Å²) in [4.78, 5) is 19.5. The van der Waals surface area contributed by atoms with Gasteiger partial charge in [-0.05, 0) is 44.0 Å². The van der Waals surface area contributed by atoms with Crippen LogP contribution in [0.15, 0.2) is 36.5 Å². The number of aromatic nitrogens is 4. The zero-order valence-electron chi connectivity index (χ0n) is 16.6. The van der Waals surface area contributed by atoms with Gasteiger partial charge in [0.25, 0.3) is 5.91 Å². The third-order valence-corrected chi connectivity index (χ3v) is 5.89. The number of fused-ring (bicyclic) bond motifs is 1. The number of amides is 1. The Morgan fingerprint density at radius 3 is 2.61 bits per heavy atom. The molecule has 28 heavy (non-hydrogen) atoms. The van der Waals surface area contributed by atoms with Crippen molar-refractivity contribution in [3.8, 4) is 5.69 Å². The van der Waals surface area contributed by atoms with Crippen LogP contribution in [0.25, 0.3) is 16.6 Å². The molecule has 146 valence electrons. The summed E-state index contributed by atoms with van der Waals surface area (Å²) in [5, 5.41) is 9.56. The molecule has 0 bridgehead atoms. The summed E-state index contributed by atoms with van der Waals surface area (Å²) in [6, 6.07) is 10.1. The summed E-state index contributed by atoms with van der Waals surface area (Å²) in [5.74, 6) is -0.0346. The molecule has 1 saturated carbocycles. The topological polar surface area (TPSA) is 63.9 Å². The summed E-state index contributed by atoms with van der Waals surface area (Å²) < 4.78 is 1.75. The predicted molar refractivity (Wildman–Crippen MR) is 110 cm³/mol. The van der Waals surface area contributed by atoms with Crippen LogP contribution in [0.4, 0.5) is 0 Å². The quantitative estimate of drug-likeness (QED) is 0.682. The average molecular weight is 377 g/mol. The molecule has 1 aliphatic carbocycles. The van der Waals surface area contributed by atoms with Gasteiger partial charge in [-0.3, -0.25) is 9.78 Å². The molecule has 4 rings (SSSR count). The highest BCUT2D eigenvalue weighted by Gasteiger charge is 2.26. The van der Waals surface area contributed by atoms with Crippen molar-refractivity contribution in [1.82, 2.24) is 24.9 Å². The molecule has 2 heterocycles. The molecule has 1 aromatic carbocycles. The van der Waals surface area contributed by atoms with Gasteiger partial charge in [0.2, 0.25) is 0 Å². The van der Waals surface area contributed by atoms with E-state index in [-0.39, 0.29) is 5.91 Å². The van der Waals surface area contributed by atoms with Crippen molar-refractivity contribution in [3.05, 3.63) is 47.9 Å². The fourth-order valence-corrected chi connectivity index (χ4v) is 4.18. The Balaban J connectivity index is 1.63. The molecule has 6 heteroatoms. The van der Waals surface area contributed by atoms with Crippen LogP contribution in [0, 0.1) is 6.92 Å². The minimum atomic E-state index is -0.0346. The molecule has 2 aromatic heterocycles. The van der Waals surface area contributed by atoms with Crippen LogP contribution in [0.2, 0.25) is 0 Å². The molecule has 0 saturated heterocycles. The molecule has 1 amide bonds. The van der Waals surface area contributed by atoms with Crippen LogP contribution in [-0.4, -0.2) is 43.9 Å². The van der Waals surface area contributed by atoms with Gasteiger partial charge in [0.05, 0.1) is 16.9 Å². The summed E-state index contributed by atoms with van der Waals surface area (Å²) in [6.07, 6.45) is 10.2. The number of hydrogen-bond acceptors (Lipinski definition) is 4. The lowest BCUT2D eigenvalue weighted by Gasteiger charge is -2.29. The number of carbonyl (C=O) groups is 1. The number of benzene rings is 1. The summed E-state index contributed by atoms with van der Waals surface area (Å²) in [5.41, 5.74) is 2.99. The molecule has 0 spiro atoms. The third kappa shape index (κ3) is 3.51. The van der Waals surface area contributed by atoms with Crippen LogP contribution in [0.3, 0.4) is 0 Å².